The van der Waals surface area contributed by atoms with Gasteiger partial charge in [-0.2, -0.15) is 0 Å². The van der Waals surface area contributed by atoms with Crippen molar-refractivity contribution in [2.24, 2.45) is 52.3 Å². The molecule has 12 atom stereocenters. The predicted octanol–water partition coefficient (Wildman–Crippen LogP) is 5.79. The molecule has 4 saturated carbocycles. The van der Waals surface area contributed by atoms with E-state index in [-0.39, 0.29) is 11.9 Å². The lowest BCUT2D eigenvalue weighted by atomic mass is 9.44. The number of rotatable bonds is 0. The standard InChI is InChI=1S/C27H44O3/c1-16-7-12-27(29-15-16)17(2)24-23(30-27)14-22-20-6-5-18-13-19(28)8-10-25(18,3)21(20)9-11-26(22,24)4/h16-24,28H,5-15H2,1-4H3/t16-,17-,18+,19-,20?,21?,22-,23-,24?,25-,26-,27?/m0/s1. The van der Waals surface area contributed by atoms with Crippen LogP contribution >= 0.6 is 0 Å². The first-order valence-corrected chi connectivity index (χ1v) is 13.3. The topological polar surface area (TPSA) is 38.7 Å². The van der Waals surface area contributed by atoms with Crippen LogP contribution in [0.5, 0.6) is 0 Å². The third-order valence-electron chi connectivity index (χ3n) is 11.9. The number of aliphatic hydroxyl groups excluding tert-OH is 1. The zero-order valence-corrected chi connectivity index (χ0v) is 19.7. The van der Waals surface area contributed by atoms with Gasteiger partial charge in [-0.25, -0.2) is 0 Å². The lowest BCUT2D eigenvalue weighted by Gasteiger charge is -2.61. The zero-order chi connectivity index (χ0) is 20.9. The Balaban J connectivity index is 1.26. The average molecular weight is 417 g/mol. The molecule has 0 radical (unpaired) electrons. The molecule has 6 fully saturated rings. The van der Waals surface area contributed by atoms with Crippen molar-refractivity contribution in [2.45, 2.75) is 110 Å². The molecule has 2 saturated heterocycles. The van der Waals surface area contributed by atoms with Crippen LogP contribution in [-0.2, 0) is 9.47 Å². The lowest BCUT2D eigenvalue weighted by molar-refractivity contribution is -0.273. The van der Waals surface area contributed by atoms with E-state index in [1.807, 2.05) is 0 Å². The molecule has 0 aromatic heterocycles. The summed E-state index contributed by atoms with van der Waals surface area (Å²) in [4.78, 5) is 0. The molecular weight excluding hydrogens is 372 g/mol. The maximum Gasteiger partial charge on any atom is 0.171 e. The average Bonchev–Trinajstić information content (AvgIpc) is 3.16. The van der Waals surface area contributed by atoms with Crippen LogP contribution in [-0.4, -0.2) is 29.7 Å². The zero-order valence-electron chi connectivity index (χ0n) is 19.7. The van der Waals surface area contributed by atoms with Gasteiger partial charge in [0.15, 0.2) is 5.79 Å². The van der Waals surface area contributed by atoms with Gasteiger partial charge in [0.2, 0.25) is 0 Å². The van der Waals surface area contributed by atoms with Crippen molar-refractivity contribution in [2.75, 3.05) is 6.61 Å². The van der Waals surface area contributed by atoms with Gasteiger partial charge < -0.3 is 14.6 Å². The van der Waals surface area contributed by atoms with Gasteiger partial charge in [0.05, 0.1) is 18.8 Å². The number of hydrogen-bond acceptors (Lipinski definition) is 3. The molecule has 4 aliphatic carbocycles. The maximum atomic E-state index is 10.3. The second kappa shape index (κ2) is 6.70. The molecule has 170 valence electrons. The molecule has 6 aliphatic rings. The van der Waals surface area contributed by atoms with E-state index in [0.717, 1.165) is 49.5 Å². The first kappa shape index (κ1) is 20.5. The van der Waals surface area contributed by atoms with Crippen molar-refractivity contribution in [1.82, 2.24) is 0 Å². The molecule has 0 amide bonds. The third kappa shape index (κ3) is 2.61. The molecule has 1 spiro atoms. The van der Waals surface area contributed by atoms with Crippen LogP contribution in [0.4, 0.5) is 0 Å². The molecule has 4 unspecified atom stereocenters. The summed E-state index contributed by atoms with van der Waals surface area (Å²) >= 11 is 0. The number of aliphatic hydroxyl groups is 1. The van der Waals surface area contributed by atoms with E-state index in [0.29, 0.717) is 34.7 Å². The molecule has 3 heteroatoms. The van der Waals surface area contributed by atoms with Gasteiger partial charge in [-0.1, -0.05) is 27.7 Å². The Labute approximate surface area is 183 Å². The fraction of sp³-hybridized carbons (Fsp3) is 1.00. The highest BCUT2D eigenvalue weighted by atomic mass is 16.7. The number of hydrogen-bond donors (Lipinski definition) is 1. The molecule has 0 bridgehead atoms. The fourth-order valence-electron chi connectivity index (χ4n) is 10.3. The second-order valence-corrected chi connectivity index (χ2v) is 13.1. The van der Waals surface area contributed by atoms with Gasteiger partial charge in [-0.15, -0.1) is 0 Å². The van der Waals surface area contributed by atoms with Crippen molar-refractivity contribution in [1.29, 1.82) is 0 Å². The molecule has 2 heterocycles. The van der Waals surface area contributed by atoms with Gasteiger partial charge in [0, 0.05) is 12.3 Å². The summed E-state index contributed by atoms with van der Waals surface area (Å²) in [5.74, 6) is 4.93. The van der Waals surface area contributed by atoms with Crippen LogP contribution < -0.4 is 0 Å². The summed E-state index contributed by atoms with van der Waals surface area (Å²) in [7, 11) is 0. The Morgan fingerprint density at radius 1 is 0.833 bits per heavy atom. The molecule has 3 nitrogen and oxygen atoms in total. The van der Waals surface area contributed by atoms with Crippen LogP contribution in [0.25, 0.3) is 0 Å². The van der Waals surface area contributed by atoms with E-state index < -0.39 is 0 Å². The Bertz CT molecular complexity index is 684. The third-order valence-corrected chi connectivity index (χ3v) is 11.9. The summed E-state index contributed by atoms with van der Waals surface area (Å²) in [6.07, 6.45) is 12.9. The van der Waals surface area contributed by atoms with E-state index >= 15 is 0 Å². The SMILES string of the molecule is C[C@H]1CCC2(OC1)O[C@H]1C[C@H]3C4CC[C@@H]5C[C@@H](O)CC[C@]5(C)C4CC[C@]3(C)C1[C@@H]2C. The number of ether oxygens (including phenoxy) is 2. The van der Waals surface area contributed by atoms with Crippen molar-refractivity contribution in [3.05, 3.63) is 0 Å². The van der Waals surface area contributed by atoms with Gasteiger partial charge in [-0.05, 0) is 104 Å². The highest BCUT2D eigenvalue weighted by molar-refractivity contribution is 5.15. The first-order chi connectivity index (χ1) is 14.3. The van der Waals surface area contributed by atoms with Crippen molar-refractivity contribution in [3.8, 4) is 0 Å². The van der Waals surface area contributed by atoms with Crippen LogP contribution in [0.3, 0.4) is 0 Å². The summed E-state index contributed by atoms with van der Waals surface area (Å²) in [6, 6.07) is 0. The van der Waals surface area contributed by atoms with Gasteiger partial charge in [-0.3, -0.25) is 0 Å². The molecule has 6 rings (SSSR count). The normalized spacial score (nSPS) is 62.5. The van der Waals surface area contributed by atoms with Gasteiger partial charge in [0.25, 0.3) is 0 Å². The Morgan fingerprint density at radius 2 is 1.63 bits per heavy atom. The highest BCUT2D eigenvalue weighted by Gasteiger charge is 2.69. The molecule has 0 aromatic rings. The van der Waals surface area contributed by atoms with Crippen LogP contribution in [0.15, 0.2) is 0 Å². The van der Waals surface area contributed by atoms with E-state index in [2.05, 4.69) is 27.7 Å². The summed E-state index contributed by atoms with van der Waals surface area (Å²) in [5, 5.41) is 10.3. The first-order valence-electron chi connectivity index (χ1n) is 13.3. The minimum absolute atomic E-state index is 0.0389. The largest absolute Gasteiger partial charge is 0.393 e. The van der Waals surface area contributed by atoms with E-state index in [1.165, 1.54) is 44.9 Å². The molecule has 1 N–H and O–H groups in total. The highest BCUT2D eigenvalue weighted by Crippen LogP contribution is 2.71. The van der Waals surface area contributed by atoms with Crippen molar-refractivity contribution >= 4 is 0 Å². The fourth-order valence-corrected chi connectivity index (χ4v) is 10.3. The van der Waals surface area contributed by atoms with E-state index in [4.69, 9.17) is 9.47 Å². The Kier molecular flexibility index (Phi) is 4.58. The van der Waals surface area contributed by atoms with Gasteiger partial charge in [0.1, 0.15) is 0 Å². The van der Waals surface area contributed by atoms with Crippen LogP contribution in [0, 0.1) is 52.3 Å². The molecule has 30 heavy (non-hydrogen) atoms. The van der Waals surface area contributed by atoms with Crippen molar-refractivity contribution in [3.63, 3.8) is 0 Å². The quantitative estimate of drug-likeness (QED) is 0.543. The van der Waals surface area contributed by atoms with E-state index in [1.54, 1.807) is 0 Å². The smallest absolute Gasteiger partial charge is 0.171 e. The predicted molar refractivity (Wildman–Crippen MR) is 118 cm³/mol. The summed E-state index contributed by atoms with van der Waals surface area (Å²) in [5.41, 5.74) is 0.899. The van der Waals surface area contributed by atoms with Crippen LogP contribution in [0.1, 0.15) is 91.9 Å². The molecule has 0 aromatic carbocycles. The lowest BCUT2D eigenvalue weighted by Crippen LogP contribution is -2.55. The maximum absolute atomic E-state index is 10.3. The van der Waals surface area contributed by atoms with Crippen molar-refractivity contribution < 1.29 is 14.6 Å². The number of fused-ring (bicyclic) bond motifs is 7. The minimum atomic E-state index is -0.282. The summed E-state index contributed by atoms with van der Waals surface area (Å²) in [6.45, 7) is 10.9. The van der Waals surface area contributed by atoms with Gasteiger partial charge >= 0.3 is 0 Å². The summed E-state index contributed by atoms with van der Waals surface area (Å²) < 4.78 is 13.4. The second-order valence-electron chi connectivity index (χ2n) is 13.1. The molecule has 2 aliphatic heterocycles. The Morgan fingerprint density at radius 3 is 2.40 bits per heavy atom. The monoisotopic (exact) mass is 416 g/mol. The van der Waals surface area contributed by atoms with E-state index in [9.17, 15) is 5.11 Å². The van der Waals surface area contributed by atoms with Crippen LogP contribution in [0.2, 0.25) is 0 Å². The molecular formula is C27H44O3. The minimum Gasteiger partial charge on any atom is -0.393 e. The Hall–Kier alpha value is -0.120.